The van der Waals surface area contributed by atoms with Gasteiger partial charge < -0.3 is 0 Å². The molecule has 0 aromatic rings. The van der Waals surface area contributed by atoms with E-state index in [1.807, 2.05) is 0 Å². The monoisotopic (exact) mass is 224 g/mol. The van der Waals surface area contributed by atoms with Crippen LogP contribution >= 0.6 is 0 Å². The second-order valence-electron chi connectivity index (χ2n) is 6.19. The third-order valence-electron chi connectivity index (χ3n) is 4.52. The fraction of sp³-hybridized carbons (Fsp3) is 1.00. The third kappa shape index (κ3) is 2.60. The number of hydrogen-bond donors (Lipinski definition) is 0. The Balaban J connectivity index is 1.99. The maximum atomic E-state index is 2.76. The fourth-order valence-corrected chi connectivity index (χ4v) is 3.53. The summed E-state index contributed by atoms with van der Waals surface area (Å²) in [6.07, 6.45) is 6.85. The summed E-state index contributed by atoms with van der Waals surface area (Å²) in [5.74, 6) is 0. The molecule has 1 unspecified atom stereocenters. The van der Waals surface area contributed by atoms with E-state index >= 15 is 0 Å². The Morgan fingerprint density at radius 1 is 1.12 bits per heavy atom. The number of rotatable bonds is 3. The van der Waals surface area contributed by atoms with Gasteiger partial charge in [0.1, 0.15) is 0 Å². The molecule has 2 aliphatic heterocycles. The lowest BCUT2D eigenvalue weighted by Crippen LogP contribution is -2.48. The van der Waals surface area contributed by atoms with Crippen LogP contribution in [0, 0.1) is 0 Å². The zero-order chi connectivity index (χ0) is 11.6. The lowest BCUT2D eigenvalue weighted by atomic mass is 9.95. The van der Waals surface area contributed by atoms with Crippen molar-refractivity contribution in [2.24, 2.45) is 0 Å². The van der Waals surface area contributed by atoms with Gasteiger partial charge in [-0.15, -0.1) is 0 Å². The van der Waals surface area contributed by atoms with E-state index in [9.17, 15) is 0 Å². The lowest BCUT2D eigenvalue weighted by molar-refractivity contribution is 0.0996. The smallest absolute Gasteiger partial charge is 0.0223 e. The van der Waals surface area contributed by atoms with Crippen LogP contribution in [-0.2, 0) is 0 Å². The minimum atomic E-state index is 0.410. The second-order valence-corrected chi connectivity index (χ2v) is 6.19. The molecule has 2 saturated heterocycles. The average molecular weight is 224 g/mol. The minimum Gasteiger partial charge on any atom is -0.299 e. The summed E-state index contributed by atoms with van der Waals surface area (Å²) in [4.78, 5) is 5.48. The standard InChI is InChI=1S/C14H28N2/c1-4-8-14(2,3)16-11-6-10-15-9-5-7-13(15)12-16/h13H,4-12H2,1-3H3. The van der Waals surface area contributed by atoms with Crippen LogP contribution in [0.5, 0.6) is 0 Å². The maximum absolute atomic E-state index is 2.76. The molecule has 2 heteroatoms. The van der Waals surface area contributed by atoms with Crippen LogP contribution in [0.15, 0.2) is 0 Å². The summed E-state index contributed by atoms with van der Waals surface area (Å²) < 4.78 is 0. The van der Waals surface area contributed by atoms with E-state index in [-0.39, 0.29) is 0 Å². The minimum absolute atomic E-state index is 0.410. The predicted molar refractivity (Wildman–Crippen MR) is 69.8 cm³/mol. The van der Waals surface area contributed by atoms with E-state index in [2.05, 4.69) is 30.6 Å². The molecule has 0 aliphatic carbocycles. The van der Waals surface area contributed by atoms with Crippen molar-refractivity contribution >= 4 is 0 Å². The highest BCUT2D eigenvalue weighted by Crippen LogP contribution is 2.27. The Morgan fingerprint density at radius 2 is 1.88 bits per heavy atom. The Kier molecular flexibility index (Phi) is 3.91. The normalized spacial score (nSPS) is 29.1. The van der Waals surface area contributed by atoms with Crippen LogP contribution in [0.1, 0.15) is 52.9 Å². The Morgan fingerprint density at radius 3 is 2.62 bits per heavy atom. The van der Waals surface area contributed by atoms with Crippen molar-refractivity contribution < 1.29 is 0 Å². The molecule has 2 aliphatic rings. The predicted octanol–water partition coefficient (Wildman–Crippen LogP) is 2.74. The van der Waals surface area contributed by atoms with E-state index in [0.717, 1.165) is 6.04 Å². The van der Waals surface area contributed by atoms with Crippen molar-refractivity contribution in [2.45, 2.75) is 64.5 Å². The van der Waals surface area contributed by atoms with Crippen molar-refractivity contribution in [1.29, 1.82) is 0 Å². The van der Waals surface area contributed by atoms with E-state index in [1.54, 1.807) is 0 Å². The van der Waals surface area contributed by atoms with Crippen molar-refractivity contribution in [3.05, 3.63) is 0 Å². The molecule has 0 amide bonds. The molecule has 16 heavy (non-hydrogen) atoms. The van der Waals surface area contributed by atoms with E-state index in [0.29, 0.717) is 5.54 Å². The largest absolute Gasteiger partial charge is 0.299 e. The third-order valence-corrected chi connectivity index (χ3v) is 4.52. The summed E-state index contributed by atoms with van der Waals surface area (Å²) in [5, 5.41) is 0. The fourth-order valence-electron chi connectivity index (χ4n) is 3.53. The van der Waals surface area contributed by atoms with Crippen LogP contribution in [0.2, 0.25) is 0 Å². The van der Waals surface area contributed by atoms with Gasteiger partial charge in [0.05, 0.1) is 0 Å². The molecule has 0 saturated carbocycles. The first-order chi connectivity index (χ1) is 7.63. The first kappa shape index (κ1) is 12.4. The van der Waals surface area contributed by atoms with Crippen LogP contribution < -0.4 is 0 Å². The molecule has 0 aromatic heterocycles. The van der Waals surface area contributed by atoms with Gasteiger partial charge in [0.15, 0.2) is 0 Å². The molecule has 0 aromatic carbocycles. The zero-order valence-electron chi connectivity index (χ0n) is 11.3. The second kappa shape index (κ2) is 5.05. The van der Waals surface area contributed by atoms with Gasteiger partial charge in [-0.2, -0.15) is 0 Å². The van der Waals surface area contributed by atoms with Gasteiger partial charge in [-0.1, -0.05) is 13.3 Å². The lowest BCUT2D eigenvalue weighted by Gasteiger charge is -2.39. The molecule has 2 heterocycles. The molecule has 0 N–H and O–H groups in total. The van der Waals surface area contributed by atoms with Crippen molar-refractivity contribution in [3.63, 3.8) is 0 Å². The first-order valence-electron chi connectivity index (χ1n) is 7.12. The molecule has 0 radical (unpaired) electrons. The summed E-state index contributed by atoms with van der Waals surface area (Å²) in [5.41, 5.74) is 0.410. The molecule has 94 valence electrons. The van der Waals surface area contributed by atoms with E-state index < -0.39 is 0 Å². The van der Waals surface area contributed by atoms with Crippen LogP contribution in [-0.4, -0.2) is 47.6 Å². The summed E-state index contributed by atoms with van der Waals surface area (Å²) in [6.45, 7) is 12.5. The average Bonchev–Trinajstić information content (AvgIpc) is 2.55. The number of fused-ring (bicyclic) bond motifs is 1. The summed E-state index contributed by atoms with van der Waals surface area (Å²) in [6, 6.07) is 0.860. The van der Waals surface area contributed by atoms with Gasteiger partial charge in [-0.05, 0) is 59.2 Å². The Hall–Kier alpha value is -0.0800. The van der Waals surface area contributed by atoms with Crippen LogP contribution in [0.3, 0.4) is 0 Å². The first-order valence-corrected chi connectivity index (χ1v) is 7.12. The molecule has 1 atom stereocenters. The number of nitrogens with zero attached hydrogens (tertiary/aromatic N) is 2. The summed E-state index contributed by atoms with van der Waals surface area (Å²) >= 11 is 0. The quantitative estimate of drug-likeness (QED) is 0.727. The van der Waals surface area contributed by atoms with Gasteiger partial charge in [0.2, 0.25) is 0 Å². The number of hydrogen-bond acceptors (Lipinski definition) is 2. The van der Waals surface area contributed by atoms with Gasteiger partial charge in [-0.3, -0.25) is 9.80 Å². The topological polar surface area (TPSA) is 6.48 Å². The maximum Gasteiger partial charge on any atom is 0.0223 e. The van der Waals surface area contributed by atoms with Gasteiger partial charge in [0.25, 0.3) is 0 Å². The highest BCUT2D eigenvalue weighted by Gasteiger charge is 2.34. The van der Waals surface area contributed by atoms with E-state index in [1.165, 1.54) is 58.3 Å². The van der Waals surface area contributed by atoms with Gasteiger partial charge in [0, 0.05) is 18.1 Å². The van der Waals surface area contributed by atoms with Crippen molar-refractivity contribution in [1.82, 2.24) is 9.80 Å². The molecule has 0 spiro atoms. The van der Waals surface area contributed by atoms with Crippen LogP contribution in [0.25, 0.3) is 0 Å². The SMILES string of the molecule is CCCC(C)(C)N1CCCN2CCCC2C1. The highest BCUT2D eigenvalue weighted by atomic mass is 15.3. The molecular formula is C14H28N2. The summed E-state index contributed by atoms with van der Waals surface area (Å²) in [7, 11) is 0. The molecule has 2 rings (SSSR count). The zero-order valence-corrected chi connectivity index (χ0v) is 11.3. The molecule has 2 nitrogen and oxygen atoms in total. The molecule has 0 bridgehead atoms. The van der Waals surface area contributed by atoms with Crippen LogP contribution in [0.4, 0.5) is 0 Å². The van der Waals surface area contributed by atoms with Crippen molar-refractivity contribution in [3.8, 4) is 0 Å². The molecular weight excluding hydrogens is 196 g/mol. The Labute approximate surface area is 101 Å². The van der Waals surface area contributed by atoms with Gasteiger partial charge in [-0.25, -0.2) is 0 Å². The molecule has 2 fully saturated rings. The van der Waals surface area contributed by atoms with Crippen molar-refractivity contribution in [2.75, 3.05) is 26.2 Å². The van der Waals surface area contributed by atoms with Gasteiger partial charge >= 0.3 is 0 Å². The van der Waals surface area contributed by atoms with E-state index in [4.69, 9.17) is 0 Å². The Bertz CT molecular complexity index is 225. The highest BCUT2D eigenvalue weighted by molar-refractivity contribution is 4.90.